The summed E-state index contributed by atoms with van der Waals surface area (Å²) in [5.41, 5.74) is 2.58. The van der Waals surface area contributed by atoms with Crippen LogP contribution in [0.5, 0.6) is 0 Å². The fourth-order valence-electron chi connectivity index (χ4n) is 4.26. The summed E-state index contributed by atoms with van der Waals surface area (Å²) in [7, 11) is -3.81. The summed E-state index contributed by atoms with van der Waals surface area (Å²) in [6, 6.07) is 23.1. The monoisotopic (exact) mass is 613 g/mol. The zero-order valence-corrected chi connectivity index (χ0v) is 25.4. The molecule has 7 nitrogen and oxygen atoms in total. The van der Waals surface area contributed by atoms with E-state index in [2.05, 4.69) is 21.2 Å². The summed E-state index contributed by atoms with van der Waals surface area (Å²) >= 11 is 3.38. The highest BCUT2D eigenvalue weighted by Gasteiger charge is 2.34. The molecule has 3 rings (SSSR count). The van der Waals surface area contributed by atoms with Crippen molar-refractivity contribution in [2.75, 3.05) is 17.1 Å². The minimum absolute atomic E-state index is 0.145. The Kier molecular flexibility index (Phi) is 9.96. The molecule has 0 aliphatic heterocycles. The van der Waals surface area contributed by atoms with Gasteiger partial charge in [0.2, 0.25) is 21.8 Å². The molecule has 0 bridgehead atoms. The number of sulfonamides is 1. The Bertz CT molecular complexity index is 1400. The average molecular weight is 615 g/mol. The lowest BCUT2D eigenvalue weighted by Gasteiger charge is -2.35. The number of hydrogen-bond acceptors (Lipinski definition) is 4. The van der Waals surface area contributed by atoms with Gasteiger partial charge >= 0.3 is 0 Å². The number of halogens is 1. The van der Waals surface area contributed by atoms with Crippen molar-refractivity contribution in [1.29, 1.82) is 0 Å². The van der Waals surface area contributed by atoms with Gasteiger partial charge in [-0.2, -0.15) is 0 Å². The summed E-state index contributed by atoms with van der Waals surface area (Å²) in [5, 5.41) is 3.02. The molecule has 1 atom stereocenters. The standard InChI is InChI=1S/C30H36BrN3O4S/c1-22-11-9-14-24(17-22)20-33(27(29(36)32-30(2,3)4)18-23-12-7-6-8-13-23)28(35)21-34(39(5,37)38)26-16-10-15-25(31)19-26/h6-17,19,27H,18,20-21H2,1-5H3,(H,32,36)/t27-/m1/s1. The molecule has 9 heteroatoms. The largest absolute Gasteiger partial charge is 0.350 e. The third-order valence-electron chi connectivity index (χ3n) is 5.98. The van der Waals surface area contributed by atoms with Gasteiger partial charge in [-0.15, -0.1) is 0 Å². The SMILES string of the molecule is Cc1cccc(CN(C(=O)CN(c2cccc(Br)c2)S(C)(=O)=O)[C@H](Cc2ccccc2)C(=O)NC(C)(C)C)c1. The molecule has 208 valence electrons. The highest BCUT2D eigenvalue weighted by Crippen LogP contribution is 2.24. The van der Waals surface area contributed by atoms with Gasteiger partial charge in [0, 0.05) is 23.0 Å². The maximum Gasteiger partial charge on any atom is 0.244 e. The van der Waals surface area contributed by atoms with Crippen LogP contribution < -0.4 is 9.62 Å². The Hall–Kier alpha value is -3.17. The molecule has 0 spiro atoms. The lowest BCUT2D eigenvalue weighted by molar-refractivity contribution is -0.140. The summed E-state index contributed by atoms with van der Waals surface area (Å²) in [5.74, 6) is -0.785. The molecule has 3 aromatic rings. The van der Waals surface area contributed by atoms with Gasteiger partial charge in [-0.3, -0.25) is 13.9 Å². The quantitative estimate of drug-likeness (QED) is 0.345. The lowest BCUT2D eigenvalue weighted by Crippen LogP contribution is -2.56. The molecular weight excluding hydrogens is 578 g/mol. The number of nitrogens with zero attached hydrogens (tertiary/aromatic N) is 2. The van der Waals surface area contributed by atoms with E-state index in [4.69, 9.17) is 0 Å². The molecule has 1 N–H and O–H groups in total. The summed E-state index contributed by atoms with van der Waals surface area (Å²) in [4.78, 5) is 29.3. The predicted octanol–water partition coefficient (Wildman–Crippen LogP) is 5.08. The van der Waals surface area contributed by atoms with E-state index in [1.54, 1.807) is 24.3 Å². The second kappa shape index (κ2) is 12.8. The molecule has 39 heavy (non-hydrogen) atoms. The number of carbonyl (C=O) groups is 2. The third-order valence-corrected chi connectivity index (χ3v) is 7.61. The van der Waals surface area contributed by atoms with Gasteiger partial charge in [0.05, 0.1) is 11.9 Å². The molecule has 0 fully saturated rings. The summed E-state index contributed by atoms with van der Waals surface area (Å²) < 4.78 is 27.5. The van der Waals surface area contributed by atoms with Crippen LogP contribution in [0.3, 0.4) is 0 Å². The van der Waals surface area contributed by atoms with Gasteiger partial charge < -0.3 is 10.2 Å². The molecule has 0 aliphatic rings. The van der Waals surface area contributed by atoms with Crippen molar-refractivity contribution < 1.29 is 18.0 Å². The van der Waals surface area contributed by atoms with E-state index in [0.717, 1.165) is 27.3 Å². The Labute approximate surface area is 240 Å². The van der Waals surface area contributed by atoms with Crippen molar-refractivity contribution in [2.45, 2.75) is 52.2 Å². The van der Waals surface area contributed by atoms with Crippen LogP contribution in [0.4, 0.5) is 5.69 Å². The van der Waals surface area contributed by atoms with Crippen molar-refractivity contribution in [3.8, 4) is 0 Å². The zero-order valence-electron chi connectivity index (χ0n) is 23.0. The maximum atomic E-state index is 14.1. The first-order chi connectivity index (χ1) is 18.2. The number of carbonyl (C=O) groups excluding carboxylic acids is 2. The van der Waals surface area contributed by atoms with E-state index in [1.807, 2.05) is 82.3 Å². The number of amides is 2. The molecule has 0 aromatic heterocycles. The van der Waals surface area contributed by atoms with E-state index in [1.165, 1.54) is 4.90 Å². The van der Waals surface area contributed by atoms with Crippen LogP contribution in [0.1, 0.15) is 37.5 Å². The predicted molar refractivity (Wildman–Crippen MR) is 160 cm³/mol. The highest BCUT2D eigenvalue weighted by atomic mass is 79.9. The number of nitrogens with one attached hydrogen (secondary N) is 1. The minimum atomic E-state index is -3.81. The first kappa shape index (κ1) is 30.4. The molecule has 2 amide bonds. The minimum Gasteiger partial charge on any atom is -0.350 e. The number of rotatable bonds is 10. The van der Waals surface area contributed by atoms with Crippen molar-refractivity contribution >= 4 is 43.5 Å². The smallest absolute Gasteiger partial charge is 0.244 e. The Balaban J connectivity index is 2.08. The number of hydrogen-bond donors (Lipinski definition) is 1. The average Bonchev–Trinajstić information content (AvgIpc) is 2.83. The number of aryl methyl sites for hydroxylation is 1. The highest BCUT2D eigenvalue weighted by molar-refractivity contribution is 9.10. The maximum absolute atomic E-state index is 14.1. The van der Waals surface area contributed by atoms with Crippen LogP contribution in [-0.2, 0) is 32.6 Å². The van der Waals surface area contributed by atoms with Gasteiger partial charge in [0.25, 0.3) is 0 Å². The van der Waals surface area contributed by atoms with E-state index in [9.17, 15) is 18.0 Å². The number of benzene rings is 3. The number of anilines is 1. The van der Waals surface area contributed by atoms with Gasteiger partial charge in [-0.1, -0.05) is 82.2 Å². The van der Waals surface area contributed by atoms with E-state index in [-0.39, 0.29) is 18.9 Å². The van der Waals surface area contributed by atoms with Crippen LogP contribution >= 0.6 is 15.9 Å². The molecule has 3 aromatic carbocycles. The fraction of sp³-hybridized carbons (Fsp3) is 0.333. The van der Waals surface area contributed by atoms with Crippen molar-refractivity contribution in [3.05, 3.63) is 100 Å². The summed E-state index contributed by atoms with van der Waals surface area (Å²) in [6.07, 6.45) is 1.34. The van der Waals surface area contributed by atoms with Crippen molar-refractivity contribution in [3.63, 3.8) is 0 Å². The summed E-state index contributed by atoms with van der Waals surface area (Å²) in [6.45, 7) is 7.31. The van der Waals surface area contributed by atoms with Crippen LogP contribution in [0, 0.1) is 6.92 Å². The zero-order chi connectivity index (χ0) is 28.8. The van der Waals surface area contributed by atoms with E-state index in [0.29, 0.717) is 10.2 Å². The topological polar surface area (TPSA) is 86.8 Å². The Morgan fingerprint density at radius 3 is 2.15 bits per heavy atom. The Morgan fingerprint density at radius 1 is 0.923 bits per heavy atom. The molecule has 0 unspecified atom stereocenters. The van der Waals surface area contributed by atoms with E-state index >= 15 is 0 Å². The van der Waals surface area contributed by atoms with Crippen LogP contribution in [-0.4, -0.2) is 49.5 Å². The van der Waals surface area contributed by atoms with Crippen LogP contribution in [0.2, 0.25) is 0 Å². The lowest BCUT2D eigenvalue weighted by atomic mass is 10.0. The normalized spacial score (nSPS) is 12.5. The first-order valence-corrected chi connectivity index (χ1v) is 15.3. The molecule has 0 radical (unpaired) electrons. The third kappa shape index (κ3) is 9.21. The molecule has 0 aliphatic carbocycles. The van der Waals surface area contributed by atoms with Crippen LogP contribution in [0.25, 0.3) is 0 Å². The van der Waals surface area contributed by atoms with Crippen LogP contribution in [0.15, 0.2) is 83.3 Å². The van der Waals surface area contributed by atoms with E-state index < -0.39 is 34.1 Å². The van der Waals surface area contributed by atoms with Crippen molar-refractivity contribution in [1.82, 2.24) is 10.2 Å². The molecule has 0 heterocycles. The van der Waals surface area contributed by atoms with Gasteiger partial charge in [-0.25, -0.2) is 8.42 Å². The van der Waals surface area contributed by atoms with Gasteiger partial charge in [0.15, 0.2) is 0 Å². The molecule has 0 saturated carbocycles. The van der Waals surface area contributed by atoms with Gasteiger partial charge in [-0.05, 0) is 57.0 Å². The Morgan fingerprint density at radius 2 is 1.56 bits per heavy atom. The second-order valence-corrected chi connectivity index (χ2v) is 13.5. The van der Waals surface area contributed by atoms with Gasteiger partial charge in [0.1, 0.15) is 12.6 Å². The fourth-order valence-corrected chi connectivity index (χ4v) is 5.49. The molecular formula is C30H36BrN3O4S. The second-order valence-electron chi connectivity index (χ2n) is 10.7. The first-order valence-electron chi connectivity index (χ1n) is 12.7. The molecule has 0 saturated heterocycles. The van der Waals surface area contributed by atoms with Crippen molar-refractivity contribution in [2.24, 2.45) is 0 Å².